The van der Waals surface area contributed by atoms with E-state index in [-0.39, 0.29) is 5.91 Å². The summed E-state index contributed by atoms with van der Waals surface area (Å²) in [6, 6.07) is 0. The summed E-state index contributed by atoms with van der Waals surface area (Å²) in [6.07, 6.45) is -0.414. The van der Waals surface area contributed by atoms with E-state index in [0.717, 1.165) is 0 Å². The monoisotopic (exact) mass is 188 g/mol. The van der Waals surface area contributed by atoms with Crippen LogP contribution in [0.4, 0.5) is 0 Å². The van der Waals surface area contributed by atoms with Gasteiger partial charge in [0.15, 0.2) is 0 Å². The molecule has 13 heavy (non-hydrogen) atoms. The van der Waals surface area contributed by atoms with Gasteiger partial charge in [0, 0.05) is 13.7 Å². The minimum absolute atomic E-state index is 0.332. The van der Waals surface area contributed by atoms with Crippen molar-refractivity contribution in [2.24, 2.45) is 5.92 Å². The average Bonchev–Trinajstić information content (AvgIpc) is 2.47. The molecule has 0 aliphatic carbocycles. The second-order valence-corrected chi connectivity index (χ2v) is 2.67. The smallest absolute Gasteiger partial charge is 0.258 e. The average molecular weight is 188 g/mol. The van der Waals surface area contributed by atoms with Gasteiger partial charge in [-0.25, -0.2) is 5.48 Å². The molecule has 0 aromatic rings. The van der Waals surface area contributed by atoms with Crippen LogP contribution in [0.15, 0.2) is 0 Å². The number of methoxy groups -OCH3 is 1. The molecule has 0 aromatic carbocycles. The molecule has 0 radical (unpaired) electrons. The highest BCUT2D eigenvalue weighted by Crippen LogP contribution is 2.13. The molecule has 2 amide bonds. The Hall–Kier alpha value is -1.14. The predicted molar refractivity (Wildman–Crippen MR) is 42.4 cm³/mol. The normalized spacial score (nSPS) is 27.1. The highest BCUT2D eigenvalue weighted by atomic mass is 16.6. The lowest BCUT2D eigenvalue weighted by atomic mass is 10.1. The number of amides is 2. The minimum atomic E-state index is -0.815. The first-order chi connectivity index (χ1) is 6.20. The summed E-state index contributed by atoms with van der Waals surface area (Å²) in [5, 5.41) is 2.53. The molecular weight excluding hydrogens is 176 g/mol. The Balaban J connectivity index is 2.63. The molecule has 0 aromatic heterocycles. The fourth-order valence-electron chi connectivity index (χ4n) is 1.27. The largest absolute Gasteiger partial charge is 0.378 e. The Bertz CT molecular complexity index is 219. The Morgan fingerprint density at radius 3 is 2.85 bits per heavy atom. The van der Waals surface area contributed by atoms with E-state index in [1.807, 2.05) is 0 Å². The predicted octanol–water partition coefficient (Wildman–Crippen LogP) is -1.57. The summed E-state index contributed by atoms with van der Waals surface area (Å²) in [6.45, 7) is 0.358. The van der Waals surface area contributed by atoms with Crippen LogP contribution in [0, 0.1) is 5.92 Å². The molecule has 0 saturated carbocycles. The van der Waals surface area contributed by atoms with Crippen molar-refractivity contribution in [2.75, 3.05) is 20.8 Å². The van der Waals surface area contributed by atoms with Crippen molar-refractivity contribution in [2.45, 2.75) is 6.10 Å². The zero-order valence-electron chi connectivity index (χ0n) is 7.49. The zero-order chi connectivity index (χ0) is 9.84. The number of ether oxygens (including phenoxy) is 1. The van der Waals surface area contributed by atoms with Crippen molar-refractivity contribution < 1.29 is 19.2 Å². The van der Waals surface area contributed by atoms with Crippen molar-refractivity contribution >= 4 is 11.8 Å². The molecule has 2 unspecified atom stereocenters. The molecule has 2 N–H and O–H groups in total. The number of nitrogens with one attached hydrogen (secondary N) is 2. The lowest BCUT2D eigenvalue weighted by Gasteiger charge is -2.13. The first kappa shape index (κ1) is 9.94. The molecule has 6 nitrogen and oxygen atoms in total. The molecule has 1 heterocycles. The van der Waals surface area contributed by atoms with Crippen molar-refractivity contribution in [1.82, 2.24) is 10.8 Å². The number of carbonyl (C=O) groups is 2. The Morgan fingerprint density at radius 2 is 2.31 bits per heavy atom. The Labute approximate surface area is 75.5 Å². The Kier molecular flexibility index (Phi) is 3.21. The maximum Gasteiger partial charge on any atom is 0.258 e. The quantitative estimate of drug-likeness (QED) is 0.414. The number of hydrogen-bond acceptors (Lipinski definition) is 4. The number of rotatable bonds is 3. The lowest BCUT2D eigenvalue weighted by molar-refractivity contribution is -0.143. The van der Waals surface area contributed by atoms with Crippen LogP contribution in [-0.2, 0) is 19.2 Å². The van der Waals surface area contributed by atoms with Crippen LogP contribution >= 0.6 is 0 Å². The van der Waals surface area contributed by atoms with E-state index in [0.29, 0.717) is 6.54 Å². The van der Waals surface area contributed by atoms with Gasteiger partial charge in [0.25, 0.3) is 5.91 Å². The van der Waals surface area contributed by atoms with Crippen LogP contribution in [0.1, 0.15) is 0 Å². The summed E-state index contributed by atoms with van der Waals surface area (Å²) in [5.41, 5.74) is 2.10. The fourth-order valence-corrected chi connectivity index (χ4v) is 1.27. The summed E-state index contributed by atoms with van der Waals surface area (Å²) in [5.74, 6) is -1.63. The topological polar surface area (TPSA) is 76.7 Å². The first-order valence-electron chi connectivity index (χ1n) is 3.84. The van der Waals surface area contributed by atoms with Crippen molar-refractivity contribution in [1.29, 1.82) is 0 Å². The van der Waals surface area contributed by atoms with Crippen LogP contribution in [0.3, 0.4) is 0 Å². The maximum atomic E-state index is 11.2. The third kappa shape index (κ3) is 1.96. The molecule has 74 valence electrons. The van der Waals surface area contributed by atoms with Gasteiger partial charge in [0.1, 0.15) is 5.92 Å². The molecule has 1 fully saturated rings. The highest BCUT2D eigenvalue weighted by molar-refractivity contribution is 6.02. The van der Waals surface area contributed by atoms with Crippen molar-refractivity contribution in [3.63, 3.8) is 0 Å². The summed E-state index contributed by atoms with van der Waals surface area (Å²) < 4.78 is 4.96. The molecule has 1 aliphatic heterocycles. The molecule has 6 heteroatoms. The second kappa shape index (κ2) is 4.20. The standard InChI is InChI=1S/C7H12N2O4/c1-12-4-3-8-6(10)5(4)7(11)9-13-2/h4-5H,3H2,1-2H3,(H,8,10)(H,9,11). The minimum Gasteiger partial charge on any atom is -0.378 e. The lowest BCUT2D eigenvalue weighted by Crippen LogP contribution is -2.39. The summed E-state index contributed by atoms with van der Waals surface area (Å²) in [7, 11) is 2.77. The Morgan fingerprint density at radius 1 is 1.62 bits per heavy atom. The van der Waals surface area contributed by atoms with Gasteiger partial charge < -0.3 is 10.1 Å². The van der Waals surface area contributed by atoms with Crippen molar-refractivity contribution in [3.8, 4) is 0 Å². The number of hydrogen-bond donors (Lipinski definition) is 2. The summed E-state index contributed by atoms with van der Waals surface area (Å²) in [4.78, 5) is 26.8. The van der Waals surface area contributed by atoms with Gasteiger partial charge in [-0.05, 0) is 0 Å². The van der Waals surface area contributed by atoms with E-state index in [4.69, 9.17) is 4.74 Å². The molecule has 1 saturated heterocycles. The molecule has 0 spiro atoms. The number of hydroxylamine groups is 1. The molecule has 0 bridgehead atoms. The van der Waals surface area contributed by atoms with Gasteiger partial charge in [0.05, 0.1) is 13.2 Å². The van der Waals surface area contributed by atoms with E-state index >= 15 is 0 Å². The third-order valence-corrected chi connectivity index (χ3v) is 1.92. The summed E-state index contributed by atoms with van der Waals surface area (Å²) >= 11 is 0. The van der Waals surface area contributed by atoms with Crippen LogP contribution in [0.5, 0.6) is 0 Å². The van der Waals surface area contributed by atoms with Gasteiger partial charge in [0.2, 0.25) is 5.91 Å². The first-order valence-corrected chi connectivity index (χ1v) is 3.84. The van der Waals surface area contributed by atoms with Gasteiger partial charge in [-0.15, -0.1) is 0 Å². The molecular formula is C7H12N2O4. The van der Waals surface area contributed by atoms with Crippen LogP contribution in [0.25, 0.3) is 0 Å². The van der Waals surface area contributed by atoms with Gasteiger partial charge in [-0.2, -0.15) is 0 Å². The molecule has 1 aliphatic rings. The van der Waals surface area contributed by atoms with E-state index in [1.54, 1.807) is 0 Å². The van der Waals surface area contributed by atoms with Gasteiger partial charge in [-0.1, -0.05) is 0 Å². The van der Waals surface area contributed by atoms with E-state index in [2.05, 4.69) is 15.6 Å². The molecule has 2 atom stereocenters. The van der Waals surface area contributed by atoms with E-state index in [9.17, 15) is 9.59 Å². The third-order valence-electron chi connectivity index (χ3n) is 1.92. The maximum absolute atomic E-state index is 11.2. The zero-order valence-corrected chi connectivity index (χ0v) is 7.49. The highest BCUT2D eigenvalue weighted by Gasteiger charge is 2.40. The van der Waals surface area contributed by atoms with Crippen molar-refractivity contribution in [3.05, 3.63) is 0 Å². The van der Waals surface area contributed by atoms with Crippen LogP contribution in [0.2, 0.25) is 0 Å². The van der Waals surface area contributed by atoms with Gasteiger partial charge >= 0.3 is 0 Å². The second-order valence-electron chi connectivity index (χ2n) is 2.67. The van der Waals surface area contributed by atoms with Crippen LogP contribution < -0.4 is 10.8 Å². The number of carbonyl (C=O) groups excluding carboxylic acids is 2. The molecule has 1 rings (SSSR count). The SMILES string of the molecule is CONC(=O)C1C(=O)NCC1OC. The van der Waals surface area contributed by atoms with Crippen LogP contribution in [-0.4, -0.2) is 38.7 Å². The fraction of sp³-hybridized carbons (Fsp3) is 0.714. The van der Waals surface area contributed by atoms with E-state index in [1.165, 1.54) is 14.2 Å². The van der Waals surface area contributed by atoms with Gasteiger partial charge in [-0.3, -0.25) is 14.4 Å². The van der Waals surface area contributed by atoms with E-state index < -0.39 is 17.9 Å².